The third-order valence-electron chi connectivity index (χ3n) is 4.56. The molecular formula is C23H17N3O3S. The lowest BCUT2D eigenvalue weighted by Crippen LogP contribution is -2.15. The molecule has 2 aromatic carbocycles. The first kappa shape index (κ1) is 19.4. The van der Waals surface area contributed by atoms with Gasteiger partial charge in [-0.15, -0.1) is 0 Å². The lowest BCUT2D eigenvalue weighted by atomic mass is 10.1. The zero-order valence-corrected chi connectivity index (χ0v) is 16.8. The van der Waals surface area contributed by atoms with Gasteiger partial charge in [0, 0.05) is 22.7 Å². The molecule has 4 rings (SSSR count). The van der Waals surface area contributed by atoms with Crippen molar-refractivity contribution in [1.29, 1.82) is 0 Å². The monoisotopic (exact) mass is 415 g/mol. The number of rotatable bonds is 3. The van der Waals surface area contributed by atoms with Gasteiger partial charge in [0.15, 0.2) is 5.65 Å². The van der Waals surface area contributed by atoms with Crippen molar-refractivity contribution in [2.45, 2.75) is 11.8 Å². The summed E-state index contributed by atoms with van der Waals surface area (Å²) in [4.78, 5) is 15.8. The fourth-order valence-corrected chi connectivity index (χ4v) is 4.47. The van der Waals surface area contributed by atoms with Crippen molar-refractivity contribution in [2.24, 2.45) is 5.73 Å². The number of nitrogens with zero attached hydrogens (tertiary/aromatic N) is 2. The first-order valence-electron chi connectivity index (χ1n) is 9.07. The average molecular weight is 415 g/mol. The Labute approximate surface area is 174 Å². The second-order valence-corrected chi connectivity index (χ2v) is 8.51. The maximum absolute atomic E-state index is 13.4. The fraction of sp³-hybridized carbons (Fsp3) is 0.0435. The molecule has 0 aliphatic carbocycles. The van der Waals surface area contributed by atoms with Crippen molar-refractivity contribution < 1.29 is 13.2 Å². The molecule has 0 aliphatic rings. The lowest BCUT2D eigenvalue weighted by Gasteiger charge is -2.09. The summed E-state index contributed by atoms with van der Waals surface area (Å²) in [5.74, 6) is 5.28. The minimum atomic E-state index is -3.92. The number of aromatic nitrogens is 2. The van der Waals surface area contributed by atoms with Crippen LogP contribution in [0.5, 0.6) is 0 Å². The molecule has 0 fully saturated rings. The van der Waals surface area contributed by atoms with E-state index in [0.717, 1.165) is 9.54 Å². The number of amides is 1. The van der Waals surface area contributed by atoms with Crippen molar-refractivity contribution in [3.05, 3.63) is 95.3 Å². The van der Waals surface area contributed by atoms with Gasteiger partial charge in [-0.2, -0.15) is 0 Å². The first-order chi connectivity index (χ1) is 14.4. The number of primary amides is 1. The van der Waals surface area contributed by atoms with Crippen LogP contribution < -0.4 is 5.73 Å². The normalized spacial score (nSPS) is 11.1. The van der Waals surface area contributed by atoms with Crippen LogP contribution in [0, 0.1) is 18.8 Å². The van der Waals surface area contributed by atoms with E-state index in [1.807, 2.05) is 6.92 Å². The molecular weight excluding hydrogens is 398 g/mol. The zero-order chi connectivity index (χ0) is 21.3. The van der Waals surface area contributed by atoms with E-state index in [1.165, 1.54) is 6.20 Å². The number of benzene rings is 2. The van der Waals surface area contributed by atoms with Crippen LogP contribution in [0.25, 0.3) is 11.0 Å². The second-order valence-electron chi connectivity index (χ2n) is 6.72. The molecule has 2 heterocycles. The molecule has 6 nitrogen and oxygen atoms in total. The quantitative estimate of drug-likeness (QED) is 0.520. The Morgan fingerprint density at radius 1 is 1.00 bits per heavy atom. The van der Waals surface area contributed by atoms with E-state index in [0.29, 0.717) is 22.2 Å². The van der Waals surface area contributed by atoms with E-state index >= 15 is 0 Å². The van der Waals surface area contributed by atoms with Crippen LogP contribution in [-0.2, 0) is 10.0 Å². The highest BCUT2D eigenvalue weighted by Crippen LogP contribution is 2.24. The van der Waals surface area contributed by atoms with Gasteiger partial charge in [-0.25, -0.2) is 17.4 Å². The Morgan fingerprint density at radius 3 is 2.50 bits per heavy atom. The molecule has 2 N–H and O–H groups in total. The molecule has 1 amide bonds. The van der Waals surface area contributed by atoms with Crippen molar-refractivity contribution in [3.8, 4) is 11.8 Å². The third kappa shape index (κ3) is 3.56. The van der Waals surface area contributed by atoms with Crippen molar-refractivity contribution >= 4 is 27.0 Å². The predicted octanol–water partition coefficient (Wildman–Crippen LogP) is 3.08. The van der Waals surface area contributed by atoms with E-state index in [9.17, 15) is 13.2 Å². The van der Waals surface area contributed by atoms with Crippen LogP contribution in [0.3, 0.4) is 0 Å². The Balaban J connectivity index is 1.90. The summed E-state index contributed by atoms with van der Waals surface area (Å²) >= 11 is 0. The zero-order valence-electron chi connectivity index (χ0n) is 16.0. The summed E-state index contributed by atoms with van der Waals surface area (Å²) in [5, 5.41) is 0.656. The first-order valence-corrected chi connectivity index (χ1v) is 10.5. The van der Waals surface area contributed by atoms with Crippen LogP contribution in [0.4, 0.5) is 0 Å². The molecule has 0 saturated carbocycles. The number of fused-ring (bicyclic) bond motifs is 1. The minimum Gasteiger partial charge on any atom is -0.366 e. The second kappa shape index (κ2) is 7.50. The highest BCUT2D eigenvalue weighted by molar-refractivity contribution is 7.90. The van der Waals surface area contributed by atoms with Gasteiger partial charge in [-0.3, -0.25) is 4.79 Å². The molecule has 7 heteroatoms. The van der Waals surface area contributed by atoms with Crippen LogP contribution >= 0.6 is 0 Å². The van der Waals surface area contributed by atoms with E-state index in [-0.39, 0.29) is 10.6 Å². The van der Waals surface area contributed by atoms with E-state index in [2.05, 4.69) is 16.8 Å². The average Bonchev–Trinajstić information content (AvgIpc) is 3.12. The largest absolute Gasteiger partial charge is 0.366 e. The number of carbonyl (C=O) groups excluding carboxylic acids is 1. The molecule has 2 aromatic heterocycles. The summed E-state index contributed by atoms with van der Waals surface area (Å²) in [5.41, 5.74) is 7.72. The summed E-state index contributed by atoms with van der Waals surface area (Å²) in [7, 11) is -3.92. The summed E-state index contributed by atoms with van der Waals surface area (Å²) in [6, 6.07) is 18.4. The van der Waals surface area contributed by atoms with Gasteiger partial charge in [-0.05, 0) is 61.4 Å². The van der Waals surface area contributed by atoms with Gasteiger partial charge >= 0.3 is 0 Å². The Bertz CT molecular complexity index is 1440. The summed E-state index contributed by atoms with van der Waals surface area (Å²) in [6.07, 6.45) is 1.54. The molecule has 0 aliphatic heterocycles. The van der Waals surface area contributed by atoms with Crippen molar-refractivity contribution in [3.63, 3.8) is 0 Å². The Kier molecular flexibility index (Phi) is 4.86. The molecule has 148 valence electrons. The Hall–Kier alpha value is -3.89. The molecule has 0 atom stereocenters. The van der Waals surface area contributed by atoms with Gasteiger partial charge in [0.1, 0.15) is 5.69 Å². The van der Waals surface area contributed by atoms with Crippen LogP contribution in [-0.4, -0.2) is 23.3 Å². The van der Waals surface area contributed by atoms with Gasteiger partial charge < -0.3 is 5.73 Å². The molecule has 0 bridgehead atoms. The fourth-order valence-electron chi connectivity index (χ4n) is 3.04. The molecule has 0 unspecified atom stereocenters. The van der Waals surface area contributed by atoms with Gasteiger partial charge in [0.25, 0.3) is 10.0 Å². The van der Waals surface area contributed by atoms with Crippen molar-refractivity contribution in [2.75, 3.05) is 0 Å². The number of pyridine rings is 1. The smallest absolute Gasteiger partial charge is 0.270 e. The minimum absolute atomic E-state index is 0.148. The highest BCUT2D eigenvalue weighted by atomic mass is 32.2. The van der Waals surface area contributed by atoms with Gasteiger partial charge in [-0.1, -0.05) is 29.7 Å². The van der Waals surface area contributed by atoms with E-state index in [4.69, 9.17) is 5.73 Å². The summed E-state index contributed by atoms with van der Waals surface area (Å²) < 4.78 is 27.9. The standard InChI is InChI=1S/C23H17N3O3S/c1-16-7-11-21(12-8-16)30(28,29)26-20(15-19-6-3-13-25-23(19)26)10-9-17-4-2-5-18(14-17)22(24)27/h2-8,11-15H,1H3,(H2,24,27). The molecule has 0 spiro atoms. The third-order valence-corrected chi connectivity index (χ3v) is 6.28. The van der Waals surface area contributed by atoms with Crippen LogP contribution in [0.2, 0.25) is 0 Å². The van der Waals surface area contributed by atoms with Gasteiger partial charge in [0.2, 0.25) is 5.91 Å². The Morgan fingerprint density at radius 2 is 1.77 bits per heavy atom. The molecule has 30 heavy (non-hydrogen) atoms. The predicted molar refractivity (Wildman–Crippen MR) is 114 cm³/mol. The van der Waals surface area contributed by atoms with Crippen LogP contribution in [0.15, 0.2) is 77.8 Å². The summed E-state index contributed by atoms with van der Waals surface area (Å²) in [6.45, 7) is 1.89. The molecule has 0 radical (unpaired) electrons. The maximum Gasteiger partial charge on any atom is 0.270 e. The van der Waals surface area contributed by atoms with E-state index in [1.54, 1.807) is 66.7 Å². The number of hydrogen-bond acceptors (Lipinski definition) is 4. The maximum atomic E-state index is 13.4. The lowest BCUT2D eigenvalue weighted by molar-refractivity contribution is 0.1000. The van der Waals surface area contributed by atoms with E-state index < -0.39 is 15.9 Å². The van der Waals surface area contributed by atoms with Crippen LogP contribution in [0.1, 0.15) is 27.2 Å². The number of aryl methyl sites for hydroxylation is 1. The van der Waals surface area contributed by atoms with Crippen molar-refractivity contribution in [1.82, 2.24) is 8.96 Å². The molecule has 0 saturated heterocycles. The van der Waals surface area contributed by atoms with Gasteiger partial charge in [0.05, 0.1) is 4.90 Å². The molecule has 4 aromatic rings. The number of hydrogen-bond donors (Lipinski definition) is 1. The number of nitrogens with two attached hydrogens (primary N) is 1. The number of carbonyl (C=O) groups is 1. The highest BCUT2D eigenvalue weighted by Gasteiger charge is 2.23. The topological polar surface area (TPSA) is 95.0 Å². The SMILES string of the molecule is Cc1ccc(S(=O)(=O)n2c(C#Cc3cccc(C(N)=O)c3)cc3cccnc32)cc1.